The van der Waals surface area contributed by atoms with Gasteiger partial charge in [0.05, 0.1) is 4.92 Å². The zero-order valence-corrected chi connectivity index (χ0v) is 8.29. The molecule has 0 heterocycles. The summed E-state index contributed by atoms with van der Waals surface area (Å²) in [4.78, 5) is 10.1. The molecule has 0 aliphatic carbocycles. The third kappa shape index (κ3) is 2.50. The number of anilines is 1. The molecule has 0 aliphatic rings. The lowest BCUT2D eigenvalue weighted by Crippen LogP contribution is -1.97. The number of hydrogen-bond donors (Lipinski definition) is 1. The topological polar surface area (TPSA) is 69.2 Å². The van der Waals surface area contributed by atoms with Gasteiger partial charge in [-0.25, -0.2) is 0 Å². The van der Waals surface area contributed by atoms with E-state index in [9.17, 15) is 10.1 Å². The van der Waals surface area contributed by atoms with Crippen molar-refractivity contribution in [3.8, 4) is 0 Å². The van der Waals surface area contributed by atoms with E-state index in [4.69, 9.17) is 5.73 Å². The normalized spacial score (nSPS) is 9.71. The predicted octanol–water partition coefficient (Wildman–Crippen LogP) is 2.11. The fourth-order valence-electron chi connectivity index (χ4n) is 1.13. The molecule has 74 valence electrons. The molecule has 0 amide bonds. The number of thiocarbonyl (C=S) groups is 1. The molecular weight excluding hydrogens is 200 g/mol. The Morgan fingerprint density at radius 1 is 1.57 bits per heavy atom. The van der Waals surface area contributed by atoms with Crippen molar-refractivity contribution < 1.29 is 4.92 Å². The minimum absolute atomic E-state index is 0.0353. The van der Waals surface area contributed by atoms with Gasteiger partial charge in [-0.05, 0) is 29.8 Å². The Morgan fingerprint density at radius 3 is 2.86 bits per heavy atom. The zero-order valence-electron chi connectivity index (χ0n) is 7.47. The standard InChI is InChI=1S/C9H10N2O2S/c10-8-4-3-7(2-1-5-14)6-9(8)11(12)13/h3-6H,1-2,10H2. The molecular formula is C9H10N2O2S. The molecule has 1 aromatic rings. The number of benzene rings is 1. The van der Waals surface area contributed by atoms with Gasteiger partial charge >= 0.3 is 0 Å². The van der Waals surface area contributed by atoms with E-state index in [1.165, 1.54) is 6.07 Å². The number of aryl methyl sites for hydroxylation is 1. The molecule has 0 bridgehead atoms. The quantitative estimate of drug-likeness (QED) is 0.357. The van der Waals surface area contributed by atoms with Crippen molar-refractivity contribution in [2.75, 3.05) is 5.73 Å². The van der Waals surface area contributed by atoms with E-state index in [2.05, 4.69) is 12.2 Å². The second-order valence-electron chi connectivity index (χ2n) is 2.86. The Bertz CT molecular complexity index is 366. The maximum atomic E-state index is 10.5. The first-order chi connectivity index (χ1) is 6.65. The first-order valence-corrected chi connectivity index (χ1v) is 4.58. The number of nitrogens with zero attached hydrogens (tertiary/aromatic N) is 1. The Kier molecular flexibility index (Phi) is 3.53. The number of nitro benzene ring substituents is 1. The molecule has 14 heavy (non-hydrogen) atoms. The summed E-state index contributed by atoms with van der Waals surface area (Å²) < 4.78 is 0. The van der Waals surface area contributed by atoms with Crippen LogP contribution in [0.15, 0.2) is 18.2 Å². The SMILES string of the molecule is Nc1ccc(CCC=S)cc1[N+](=O)[O-]. The van der Waals surface area contributed by atoms with Gasteiger partial charge in [0.25, 0.3) is 5.69 Å². The lowest BCUT2D eigenvalue weighted by Gasteiger charge is -2.00. The van der Waals surface area contributed by atoms with Crippen molar-refractivity contribution in [2.24, 2.45) is 0 Å². The lowest BCUT2D eigenvalue weighted by atomic mass is 10.1. The second kappa shape index (κ2) is 4.66. The van der Waals surface area contributed by atoms with Crippen LogP contribution in [-0.2, 0) is 6.42 Å². The van der Waals surface area contributed by atoms with Gasteiger partial charge in [-0.1, -0.05) is 18.3 Å². The number of nitrogens with two attached hydrogens (primary N) is 1. The highest BCUT2D eigenvalue weighted by molar-refractivity contribution is 7.78. The van der Waals surface area contributed by atoms with Gasteiger partial charge in [0, 0.05) is 6.07 Å². The van der Waals surface area contributed by atoms with Gasteiger partial charge < -0.3 is 5.73 Å². The number of nitrogen functional groups attached to an aromatic ring is 1. The van der Waals surface area contributed by atoms with Gasteiger partial charge in [0.1, 0.15) is 5.69 Å². The summed E-state index contributed by atoms with van der Waals surface area (Å²) in [6, 6.07) is 4.83. The Balaban J connectivity index is 2.94. The van der Waals surface area contributed by atoms with E-state index in [0.29, 0.717) is 6.42 Å². The predicted molar refractivity (Wildman–Crippen MR) is 59.5 cm³/mol. The van der Waals surface area contributed by atoms with Crippen molar-refractivity contribution in [3.05, 3.63) is 33.9 Å². The van der Waals surface area contributed by atoms with Gasteiger partial charge in [0.15, 0.2) is 0 Å². The van der Waals surface area contributed by atoms with Crippen LogP contribution in [0.5, 0.6) is 0 Å². The highest BCUT2D eigenvalue weighted by atomic mass is 32.1. The third-order valence-electron chi connectivity index (χ3n) is 1.84. The molecule has 0 unspecified atom stereocenters. The highest BCUT2D eigenvalue weighted by Crippen LogP contribution is 2.22. The molecule has 0 aliphatic heterocycles. The van der Waals surface area contributed by atoms with E-state index in [-0.39, 0.29) is 11.4 Å². The molecule has 0 atom stereocenters. The van der Waals surface area contributed by atoms with E-state index < -0.39 is 4.92 Å². The van der Waals surface area contributed by atoms with Crippen molar-refractivity contribution in [2.45, 2.75) is 12.8 Å². The summed E-state index contributed by atoms with van der Waals surface area (Å²) in [5.41, 5.74) is 6.49. The zero-order chi connectivity index (χ0) is 10.6. The van der Waals surface area contributed by atoms with E-state index >= 15 is 0 Å². The molecule has 0 radical (unpaired) electrons. The number of hydrogen-bond acceptors (Lipinski definition) is 4. The lowest BCUT2D eigenvalue weighted by molar-refractivity contribution is -0.384. The van der Waals surface area contributed by atoms with Crippen LogP contribution in [0, 0.1) is 10.1 Å². The molecule has 5 heteroatoms. The van der Waals surface area contributed by atoms with Crippen LogP contribution in [0.4, 0.5) is 11.4 Å². The average Bonchev–Trinajstić information content (AvgIpc) is 2.16. The number of rotatable bonds is 4. The Hall–Kier alpha value is -1.49. The molecule has 1 aromatic carbocycles. The maximum Gasteiger partial charge on any atom is 0.292 e. The van der Waals surface area contributed by atoms with Gasteiger partial charge in [0.2, 0.25) is 0 Å². The van der Waals surface area contributed by atoms with E-state index in [0.717, 1.165) is 12.0 Å². The van der Waals surface area contributed by atoms with Crippen LogP contribution >= 0.6 is 12.2 Å². The fraction of sp³-hybridized carbons (Fsp3) is 0.222. The minimum Gasteiger partial charge on any atom is -0.393 e. The van der Waals surface area contributed by atoms with E-state index in [1.807, 2.05) is 0 Å². The average molecular weight is 210 g/mol. The summed E-state index contributed by atoms with van der Waals surface area (Å²) in [5, 5.41) is 12.2. The first kappa shape index (κ1) is 10.6. The molecule has 4 nitrogen and oxygen atoms in total. The molecule has 2 N–H and O–H groups in total. The van der Waals surface area contributed by atoms with Crippen LogP contribution in [-0.4, -0.2) is 10.3 Å². The minimum atomic E-state index is -0.476. The van der Waals surface area contributed by atoms with Gasteiger partial charge in [-0.2, -0.15) is 0 Å². The summed E-state index contributed by atoms with van der Waals surface area (Å²) in [7, 11) is 0. The molecule has 0 spiro atoms. The Morgan fingerprint density at radius 2 is 2.29 bits per heavy atom. The largest absolute Gasteiger partial charge is 0.393 e. The molecule has 1 rings (SSSR count). The molecule has 0 saturated heterocycles. The van der Waals surface area contributed by atoms with Gasteiger partial charge in [-0.3, -0.25) is 10.1 Å². The molecule has 0 fully saturated rings. The van der Waals surface area contributed by atoms with Crippen molar-refractivity contribution in [3.63, 3.8) is 0 Å². The number of nitro groups is 1. The summed E-state index contributed by atoms with van der Waals surface area (Å²) in [6.07, 6.45) is 1.45. The Labute approximate surface area is 86.9 Å². The molecule has 0 aromatic heterocycles. The van der Waals surface area contributed by atoms with Crippen LogP contribution in [0.3, 0.4) is 0 Å². The summed E-state index contributed by atoms with van der Waals surface area (Å²) >= 11 is 4.68. The van der Waals surface area contributed by atoms with Crippen molar-refractivity contribution in [1.29, 1.82) is 0 Å². The monoisotopic (exact) mass is 210 g/mol. The second-order valence-corrected chi connectivity index (χ2v) is 3.19. The third-order valence-corrected chi connectivity index (χ3v) is 2.08. The summed E-state index contributed by atoms with van der Waals surface area (Å²) in [6.45, 7) is 0. The van der Waals surface area contributed by atoms with Crippen LogP contribution < -0.4 is 5.73 Å². The summed E-state index contributed by atoms with van der Waals surface area (Å²) in [5.74, 6) is 0. The smallest absolute Gasteiger partial charge is 0.292 e. The van der Waals surface area contributed by atoms with Crippen LogP contribution in [0.1, 0.15) is 12.0 Å². The van der Waals surface area contributed by atoms with Crippen LogP contribution in [0.25, 0.3) is 0 Å². The van der Waals surface area contributed by atoms with Crippen molar-refractivity contribution in [1.82, 2.24) is 0 Å². The first-order valence-electron chi connectivity index (χ1n) is 4.11. The van der Waals surface area contributed by atoms with Gasteiger partial charge in [-0.15, -0.1) is 0 Å². The molecule has 0 saturated carbocycles. The maximum absolute atomic E-state index is 10.5. The van der Waals surface area contributed by atoms with Crippen LogP contribution in [0.2, 0.25) is 0 Å². The highest BCUT2D eigenvalue weighted by Gasteiger charge is 2.10. The fourth-order valence-corrected chi connectivity index (χ4v) is 1.25. The van der Waals surface area contributed by atoms with Crippen molar-refractivity contribution >= 4 is 29.0 Å². The van der Waals surface area contributed by atoms with E-state index in [1.54, 1.807) is 17.5 Å².